The largest absolute Gasteiger partial charge is 0.384 e. The molecule has 1 aliphatic rings. The third-order valence-electron chi connectivity index (χ3n) is 3.62. The summed E-state index contributed by atoms with van der Waals surface area (Å²) in [5.41, 5.74) is 3.52. The molecule has 1 N–H and O–H groups in total. The Labute approximate surface area is 111 Å². The number of aryl methyl sites for hydroxylation is 1. The van der Waals surface area contributed by atoms with E-state index in [0.29, 0.717) is 0 Å². The Morgan fingerprint density at radius 2 is 1.83 bits per heavy atom. The maximum atomic E-state index is 4.11. The van der Waals surface area contributed by atoms with E-state index in [4.69, 9.17) is 0 Å². The van der Waals surface area contributed by atoms with Crippen molar-refractivity contribution in [1.82, 2.24) is 10.2 Å². The minimum Gasteiger partial charge on any atom is -0.384 e. The Bertz CT molecular complexity index is 375. The van der Waals surface area contributed by atoms with Gasteiger partial charge in [-0.15, -0.1) is 0 Å². The quantitative estimate of drug-likeness (QED) is 0.856. The maximum Gasteiger partial charge on any atom is 0.0341 e. The molecular weight excluding hydrogens is 220 g/mol. The average Bonchev–Trinajstić information content (AvgIpc) is 2.40. The Hall–Kier alpha value is -1.28. The molecule has 2 heteroatoms. The molecule has 0 aromatic heterocycles. The Kier molecular flexibility index (Phi) is 4.82. The molecular formula is C16H24N2. The number of hydrogen-bond acceptors (Lipinski definition) is 2. The number of nitrogens with one attached hydrogen (secondary N) is 1. The zero-order valence-electron chi connectivity index (χ0n) is 11.4. The summed E-state index contributed by atoms with van der Waals surface area (Å²) in [4.78, 5) is 2.54. The summed E-state index contributed by atoms with van der Waals surface area (Å²) < 4.78 is 0. The second kappa shape index (κ2) is 6.60. The van der Waals surface area contributed by atoms with Crippen LogP contribution in [0.4, 0.5) is 0 Å². The predicted molar refractivity (Wildman–Crippen MR) is 78.5 cm³/mol. The first-order valence-corrected chi connectivity index (χ1v) is 6.98. The SMILES string of the molecule is C=C(NCCN1CCCCC1)c1ccc(C)cc1. The molecule has 2 rings (SSSR count). The first kappa shape index (κ1) is 13.2. The van der Waals surface area contributed by atoms with Crippen LogP contribution in [-0.4, -0.2) is 31.1 Å². The highest BCUT2D eigenvalue weighted by molar-refractivity contribution is 5.61. The molecule has 0 saturated carbocycles. The summed E-state index contributed by atoms with van der Waals surface area (Å²) in [6, 6.07) is 8.52. The van der Waals surface area contributed by atoms with E-state index in [1.54, 1.807) is 0 Å². The molecule has 1 fully saturated rings. The summed E-state index contributed by atoms with van der Waals surface area (Å²) in [7, 11) is 0. The van der Waals surface area contributed by atoms with Crippen LogP contribution in [0.5, 0.6) is 0 Å². The van der Waals surface area contributed by atoms with Gasteiger partial charge in [0, 0.05) is 18.8 Å². The van der Waals surface area contributed by atoms with E-state index in [0.717, 1.165) is 18.8 Å². The van der Waals surface area contributed by atoms with Gasteiger partial charge < -0.3 is 10.2 Å². The first-order chi connectivity index (χ1) is 8.75. The fourth-order valence-electron chi connectivity index (χ4n) is 2.40. The van der Waals surface area contributed by atoms with Gasteiger partial charge in [-0.05, 0) is 38.4 Å². The molecule has 0 radical (unpaired) electrons. The van der Waals surface area contributed by atoms with Crippen LogP contribution in [0.15, 0.2) is 30.8 Å². The van der Waals surface area contributed by atoms with E-state index in [9.17, 15) is 0 Å². The van der Waals surface area contributed by atoms with Crippen LogP contribution in [0.2, 0.25) is 0 Å². The molecule has 1 aliphatic heterocycles. The number of benzene rings is 1. The number of nitrogens with zero attached hydrogens (tertiary/aromatic N) is 1. The van der Waals surface area contributed by atoms with Gasteiger partial charge in [0.25, 0.3) is 0 Å². The average molecular weight is 244 g/mol. The van der Waals surface area contributed by atoms with Crippen LogP contribution >= 0.6 is 0 Å². The van der Waals surface area contributed by atoms with E-state index < -0.39 is 0 Å². The third-order valence-corrected chi connectivity index (χ3v) is 3.62. The maximum absolute atomic E-state index is 4.11. The Balaban J connectivity index is 1.72. The molecule has 98 valence electrons. The van der Waals surface area contributed by atoms with Crippen molar-refractivity contribution >= 4 is 5.70 Å². The Morgan fingerprint density at radius 1 is 1.17 bits per heavy atom. The van der Waals surface area contributed by atoms with E-state index in [1.165, 1.54) is 43.5 Å². The van der Waals surface area contributed by atoms with Crippen molar-refractivity contribution in [2.75, 3.05) is 26.2 Å². The second-order valence-electron chi connectivity index (χ2n) is 5.17. The topological polar surface area (TPSA) is 15.3 Å². The lowest BCUT2D eigenvalue weighted by molar-refractivity contribution is 0.232. The van der Waals surface area contributed by atoms with E-state index in [1.807, 2.05) is 0 Å². The standard InChI is InChI=1S/C16H24N2/c1-14-6-8-16(9-7-14)15(2)17-10-13-18-11-4-3-5-12-18/h6-9,17H,2-5,10-13H2,1H3. The number of piperidine rings is 1. The predicted octanol–water partition coefficient (Wildman–Crippen LogP) is 3.04. The highest BCUT2D eigenvalue weighted by Crippen LogP contribution is 2.11. The first-order valence-electron chi connectivity index (χ1n) is 6.98. The van der Waals surface area contributed by atoms with E-state index >= 15 is 0 Å². The van der Waals surface area contributed by atoms with Gasteiger partial charge in [0.1, 0.15) is 0 Å². The van der Waals surface area contributed by atoms with Crippen molar-refractivity contribution in [2.45, 2.75) is 26.2 Å². The van der Waals surface area contributed by atoms with Gasteiger partial charge in [0.15, 0.2) is 0 Å². The van der Waals surface area contributed by atoms with Crippen LogP contribution in [-0.2, 0) is 0 Å². The van der Waals surface area contributed by atoms with Gasteiger partial charge in [0.2, 0.25) is 0 Å². The summed E-state index contributed by atoms with van der Waals surface area (Å²) in [6.45, 7) is 10.9. The van der Waals surface area contributed by atoms with Crippen LogP contribution in [0.1, 0.15) is 30.4 Å². The van der Waals surface area contributed by atoms with E-state index in [2.05, 4.69) is 48.0 Å². The minimum atomic E-state index is 0.993. The highest BCUT2D eigenvalue weighted by atomic mass is 15.1. The molecule has 0 spiro atoms. The van der Waals surface area contributed by atoms with Crippen LogP contribution in [0.25, 0.3) is 5.70 Å². The van der Waals surface area contributed by atoms with Crippen LogP contribution in [0, 0.1) is 6.92 Å². The molecule has 0 aliphatic carbocycles. The zero-order valence-corrected chi connectivity index (χ0v) is 11.4. The van der Waals surface area contributed by atoms with Crippen molar-refractivity contribution in [3.8, 4) is 0 Å². The van der Waals surface area contributed by atoms with Crippen molar-refractivity contribution in [3.05, 3.63) is 42.0 Å². The minimum absolute atomic E-state index is 0.993. The summed E-state index contributed by atoms with van der Waals surface area (Å²) in [6.07, 6.45) is 4.12. The molecule has 1 heterocycles. The molecule has 0 unspecified atom stereocenters. The van der Waals surface area contributed by atoms with Crippen LogP contribution < -0.4 is 5.32 Å². The fourth-order valence-corrected chi connectivity index (χ4v) is 2.40. The monoisotopic (exact) mass is 244 g/mol. The number of hydrogen-bond donors (Lipinski definition) is 1. The summed E-state index contributed by atoms with van der Waals surface area (Å²) in [5.74, 6) is 0. The van der Waals surface area contributed by atoms with Gasteiger partial charge in [-0.2, -0.15) is 0 Å². The molecule has 0 amide bonds. The fraction of sp³-hybridized carbons (Fsp3) is 0.500. The number of rotatable bonds is 5. The molecule has 1 saturated heterocycles. The van der Waals surface area contributed by atoms with Gasteiger partial charge in [0.05, 0.1) is 0 Å². The lowest BCUT2D eigenvalue weighted by Gasteiger charge is -2.26. The Morgan fingerprint density at radius 3 is 2.50 bits per heavy atom. The number of likely N-dealkylation sites (tertiary alicyclic amines) is 1. The van der Waals surface area contributed by atoms with Crippen molar-refractivity contribution in [3.63, 3.8) is 0 Å². The highest BCUT2D eigenvalue weighted by Gasteiger charge is 2.09. The van der Waals surface area contributed by atoms with Crippen molar-refractivity contribution in [2.24, 2.45) is 0 Å². The molecule has 0 atom stereocenters. The van der Waals surface area contributed by atoms with Crippen LogP contribution in [0.3, 0.4) is 0 Å². The lowest BCUT2D eigenvalue weighted by Crippen LogP contribution is -2.35. The lowest BCUT2D eigenvalue weighted by atomic mass is 10.1. The van der Waals surface area contributed by atoms with Gasteiger partial charge in [-0.1, -0.05) is 42.8 Å². The van der Waals surface area contributed by atoms with Gasteiger partial charge >= 0.3 is 0 Å². The molecule has 0 bridgehead atoms. The normalized spacial score (nSPS) is 16.5. The van der Waals surface area contributed by atoms with Crippen molar-refractivity contribution in [1.29, 1.82) is 0 Å². The zero-order chi connectivity index (χ0) is 12.8. The summed E-state index contributed by atoms with van der Waals surface area (Å²) >= 11 is 0. The molecule has 2 nitrogen and oxygen atoms in total. The molecule has 1 aromatic rings. The third kappa shape index (κ3) is 3.88. The second-order valence-corrected chi connectivity index (χ2v) is 5.17. The van der Waals surface area contributed by atoms with Gasteiger partial charge in [-0.3, -0.25) is 0 Å². The summed E-state index contributed by atoms with van der Waals surface area (Å²) in [5, 5.41) is 3.43. The molecule has 18 heavy (non-hydrogen) atoms. The van der Waals surface area contributed by atoms with Gasteiger partial charge in [-0.25, -0.2) is 0 Å². The van der Waals surface area contributed by atoms with Crippen molar-refractivity contribution < 1.29 is 0 Å². The molecule has 1 aromatic carbocycles. The smallest absolute Gasteiger partial charge is 0.0341 e. The van der Waals surface area contributed by atoms with E-state index in [-0.39, 0.29) is 0 Å².